The van der Waals surface area contributed by atoms with Gasteiger partial charge in [-0.1, -0.05) is 125 Å². The fourth-order valence-corrected chi connectivity index (χ4v) is 20.4. The molecule has 0 nitrogen and oxygen atoms in total. The lowest BCUT2D eigenvalue weighted by atomic mass is 9.64. The molecule has 0 unspecified atom stereocenters. The van der Waals surface area contributed by atoms with Crippen LogP contribution in [0.1, 0.15) is 77.6 Å². The molecule has 4 atom stereocenters. The summed E-state index contributed by atoms with van der Waals surface area (Å²) in [6, 6.07) is 31.6. The Bertz CT molecular complexity index is 3050. The Balaban J connectivity index is 0.000000156. The number of hydrogen-bond acceptors (Lipinski definition) is 4. The first-order valence-electron chi connectivity index (χ1n) is 23.3. The van der Waals surface area contributed by atoms with Crippen molar-refractivity contribution in [1.29, 1.82) is 0 Å². The van der Waals surface area contributed by atoms with Crippen LogP contribution in [0.2, 0.25) is 0 Å². The summed E-state index contributed by atoms with van der Waals surface area (Å²) in [5.41, 5.74) is -2.22. The van der Waals surface area contributed by atoms with E-state index in [0.29, 0.717) is 41.9 Å². The number of hydrogen-bond donors (Lipinski definition) is 0. The van der Waals surface area contributed by atoms with Gasteiger partial charge in [0.2, 0.25) is 0 Å². The molecule has 16 heteroatoms. The van der Waals surface area contributed by atoms with Gasteiger partial charge in [0.25, 0.3) is 0 Å². The molecular formula is C56H44F12S4. The topological polar surface area (TPSA) is 0 Å². The summed E-state index contributed by atoms with van der Waals surface area (Å²) in [6.07, 6.45) is 0. The van der Waals surface area contributed by atoms with Gasteiger partial charge >= 0.3 is 35.5 Å². The highest BCUT2D eigenvalue weighted by atomic mass is 32.2. The number of fused-ring (bicyclic) bond motifs is 12. The maximum Gasteiger partial charge on any atom is 0.380 e. The Kier molecular flexibility index (Phi) is 10.6. The zero-order valence-electron chi connectivity index (χ0n) is 39.7. The molecular weight excluding hydrogens is 1030 g/mol. The van der Waals surface area contributed by atoms with Gasteiger partial charge in [-0.3, -0.25) is 0 Å². The summed E-state index contributed by atoms with van der Waals surface area (Å²) in [5, 5.41) is 0. The molecule has 4 aliphatic heterocycles. The predicted molar refractivity (Wildman–Crippen MR) is 267 cm³/mol. The van der Waals surface area contributed by atoms with Crippen molar-refractivity contribution < 1.29 is 52.7 Å². The van der Waals surface area contributed by atoms with E-state index < -0.39 is 76.8 Å². The third kappa shape index (κ3) is 5.53. The summed E-state index contributed by atoms with van der Waals surface area (Å²) in [6.45, 7) is 14.1. The van der Waals surface area contributed by atoms with Gasteiger partial charge in [0, 0.05) is 41.9 Å². The Morgan fingerprint density at radius 1 is 0.347 bits per heavy atom. The first-order chi connectivity index (χ1) is 33.5. The maximum absolute atomic E-state index is 15.7. The molecule has 2 fully saturated rings. The average molecular weight is 1070 g/mol. The van der Waals surface area contributed by atoms with Crippen LogP contribution >= 0.6 is 47.0 Å². The molecule has 0 saturated heterocycles. The van der Waals surface area contributed by atoms with Gasteiger partial charge in [-0.05, 0) is 107 Å². The van der Waals surface area contributed by atoms with Crippen LogP contribution < -0.4 is 0 Å². The Morgan fingerprint density at radius 3 is 0.931 bits per heavy atom. The van der Waals surface area contributed by atoms with E-state index in [1.165, 1.54) is 47.0 Å². The van der Waals surface area contributed by atoms with Gasteiger partial charge in [-0.25, -0.2) is 0 Å². The van der Waals surface area contributed by atoms with Crippen molar-refractivity contribution in [1.82, 2.24) is 0 Å². The van der Waals surface area contributed by atoms with Crippen LogP contribution in [0.5, 0.6) is 0 Å². The highest BCUT2D eigenvalue weighted by molar-refractivity contribution is 8.12. The second-order valence-electron chi connectivity index (χ2n) is 20.3. The molecule has 0 aromatic heterocycles. The lowest BCUT2D eigenvalue weighted by Gasteiger charge is -2.52. The molecule has 0 bridgehead atoms. The number of allylic oxidation sites excluding steroid dienone is 6. The Labute approximate surface area is 426 Å². The Hall–Kier alpha value is -4.12. The van der Waals surface area contributed by atoms with Crippen LogP contribution in [-0.4, -0.2) is 54.5 Å². The SMILES string of the molecule is CC1=C(c2ccccc2)S[C@@]2(C)C1=C1C(=C3c4ccccc4S[C@@]32C(C)C)C(F)(F)C(F)(F)C1(F)F.CC1=C(c2ccccc2)S[C@]2(C)C1=C1C(=C3c4ccccc4S[C@]32C(C)C)C(F)(F)C(F)(F)C1(F)F. The van der Waals surface area contributed by atoms with Crippen LogP contribution in [0.15, 0.2) is 164 Å². The van der Waals surface area contributed by atoms with Crippen molar-refractivity contribution in [3.8, 4) is 0 Å². The van der Waals surface area contributed by atoms with Gasteiger partial charge in [0.15, 0.2) is 0 Å². The van der Waals surface area contributed by atoms with E-state index >= 15 is 52.7 Å². The van der Waals surface area contributed by atoms with Crippen molar-refractivity contribution in [2.75, 3.05) is 0 Å². The molecule has 0 N–H and O–H groups in total. The van der Waals surface area contributed by atoms with Crippen molar-refractivity contribution in [2.45, 2.75) is 120 Å². The van der Waals surface area contributed by atoms with E-state index in [4.69, 9.17) is 0 Å². The molecule has 8 aliphatic rings. The fourth-order valence-electron chi connectivity index (χ4n) is 13.1. The number of alkyl halides is 12. The Morgan fingerprint density at radius 2 is 0.625 bits per heavy atom. The molecule has 0 spiro atoms. The quantitative estimate of drug-likeness (QED) is 0.187. The predicted octanol–water partition coefficient (Wildman–Crippen LogP) is 18.2. The van der Waals surface area contributed by atoms with Gasteiger partial charge in [-0.2, -0.15) is 52.7 Å². The van der Waals surface area contributed by atoms with Gasteiger partial charge in [0.05, 0.1) is 19.0 Å². The standard InChI is InChI=1S/2C28H22F6S2/c2*1-14(2)25-20(17-12-8-9-13-18(17)35-25)22-21(26(29,30)28(33,34)27(22,31)32)19-15(3)23(36-24(19,25)4)16-10-6-5-7-11-16/h2*5-14H,1-4H3/t2*24-,25-/m10/s1. The third-order valence-electron chi connectivity index (χ3n) is 16.0. The van der Waals surface area contributed by atoms with Crippen LogP contribution in [-0.2, 0) is 0 Å². The summed E-state index contributed by atoms with van der Waals surface area (Å²) in [5.74, 6) is -31.9. The second kappa shape index (κ2) is 15.3. The second-order valence-corrected chi connectivity index (χ2v) is 25.8. The number of thioether (sulfide) groups is 4. The molecule has 0 amide bonds. The van der Waals surface area contributed by atoms with Crippen molar-refractivity contribution in [3.63, 3.8) is 0 Å². The van der Waals surface area contributed by atoms with E-state index in [9.17, 15) is 0 Å². The van der Waals surface area contributed by atoms with Crippen molar-refractivity contribution >= 4 is 68.0 Å². The van der Waals surface area contributed by atoms with E-state index in [1.807, 2.05) is 64.1 Å². The van der Waals surface area contributed by atoms with E-state index in [-0.39, 0.29) is 34.1 Å². The molecule has 0 radical (unpaired) electrons. The van der Waals surface area contributed by atoms with E-state index in [1.54, 1.807) is 100 Å². The third-order valence-corrected chi connectivity index (χ3v) is 23.6. The maximum atomic E-state index is 15.7. The van der Waals surface area contributed by atoms with Crippen LogP contribution in [0.3, 0.4) is 0 Å². The zero-order chi connectivity index (χ0) is 52.1. The number of halogens is 12. The van der Waals surface area contributed by atoms with E-state index in [0.717, 1.165) is 11.1 Å². The minimum Gasteiger partial charge on any atom is -0.194 e. The monoisotopic (exact) mass is 1070 g/mol. The van der Waals surface area contributed by atoms with Crippen LogP contribution in [0, 0.1) is 11.8 Å². The molecule has 4 aromatic rings. The van der Waals surface area contributed by atoms with Gasteiger partial charge in [-0.15, -0.1) is 47.0 Å². The lowest BCUT2D eigenvalue weighted by Crippen LogP contribution is -2.53. The van der Waals surface area contributed by atoms with Crippen LogP contribution in [0.4, 0.5) is 52.7 Å². The summed E-state index contributed by atoms with van der Waals surface area (Å²) in [4.78, 5) is 2.56. The van der Waals surface area contributed by atoms with Crippen molar-refractivity contribution in [2.24, 2.45) is 11.8 Å². The summed E-state index contributed by atoms with van der Waals surface area (Å²) < 4.78 is 181. The van der Waals surface area contributed by atoms with Gasteiger partial charge < -0.3 is 0 Å². The number of benzene rings is 4. The lowest BCUT2D eigenvalue weighted by molar-refractivity contribution is -0.258. The van der Waals surface area contributed by atoms with Crippen LogP contribution in [0.25, 0.3) is 21.0 Å². The molecule has 4 aromatic carbocycles. The minimum atomic E-state index is -5.55. The normalized spacial score (nSPS) is 31.1. The largest absolute Gasteiger partial charge is 0.380 e. The highest BCUT2D eigenvalue weighted by Crippen LogP contribution is 2.81. The fraction of sp³-hybridized carbons (Fsp3) is 0.357. The summed E-state index contributed by atoms with van der Waals surface area (Å²) >= 11 is 5.33. The summed E-state index contributed by atoms with van der Waals surface area (Å²) in [7, 11) is 0. The highest BCUT2D eigenvalue weighted by Gasteiger charge is 2.87. The van der Waals surface area contributed by atoms with E-state index in [2.05, 4.69) is 0 Å². The van der Waals surface area contributed by atoms with Gasteiger partial charge in [0.1, 0.15) is 0 Å². The molecule has 376 valence electrons. The molecule has 12 rings (SSSR count). The average Bonchev–Trinajstić information content (AvgIpc) is 4.07. The molecule has 72 heavy (non-hydrogen) atoms. The van der Waals surface area contributed by atoms with Crippen molar-refractivity contribution in [3.05, 3.63) is 176 Å². The minimum absolute atomic E-state index is 0.0733. The molecule has 2 saturated carbocycles. The smallest absolute Gasteiger partial charge is 0.194 e. The zero-order valence-corrected chi connectivity index (χ0v) is 43.0. The molecule has 4 aliphatic carbocycles. The number of rotatable bonds is 4. The first-order valence-corrected chi connectivity index (χ1v) is 26.5. The first kappa shape index (κ1) is 50.1. The molecule has 4 heterocycles.